The average molecular weight is 362 g/mol. The number of carbonyl (C=O) groups excluding carboxylic acids is 2. The predicted molar refractivity (Wildman–Crippen MR) is 95.9 cm³/mol. The van der Waals surface area contributed by atoms with Gasteiger partial charge in [-0.2, -0.15) is 0 Å². The summed E-state index contributed by atoms with van der Waals surface area (Å²) >= 11 is 5.85. The fourth-order valence-corrected chi connectivity index (χ4v) is 2.44. The van der Waals surface area contributed by atoms with E-state index in [0.29, 0.717) is 22.9 Å². The lowest BCUT2D eigenvalue weighted by Gasteiger charge is -2.19. The minimum Gasteiger partial charge on any atom is -0.497 e. The van der Waals surface area contributed by atoms with Crippen LogP contribution in [-0.2, 0) is 9.53 Å². The fourth-order valence-electron chi connectivity index (χ4n) is 2.32. The average Bonchev–Trinajstić information content (AvgIpc) is 2.62. The first kappa shape index (κ1) is 18.8. The molecule has 1 N–H and O–H groups in total. The molecule has 0 aliphatic carbocycles. The summed E-state index contributed by atoms with van der Waals surface area (Å²) in [6, 6.07) is 13.2. The molecule has 0 saturated heterocycles. The van der Waals surface area contributed by atoms with Gasteiger partial charge < -0.3 is 14.8 Å². The number of carbonyl (C=O) groups is 2. The number of amides is 1. The van der Waals surface area contributed by atoms with E-state index >= 15 is 0 Å². The molecule has 0 unspecified atom stereocenters. The Morgan fingerprint density at radius 3 is 2.28 bits per heavy atom. The third-order valence-corrected chi connectivity index (χ3v) is 3.86. The van der Waals surface area contributed by atoms with Crippen LogP contribution >= 0.6 is 11.6 Å². The molecule has 0 aliphatic rings. The Balaban J connectivity index is 2.19. The van der Waals surface area contributed by atoms with E-state index < -0.39 is 6.04 Å². The van der Waals surface area contributed by atoms with Gasteiger partial charge in [0.15, 0.2) is 0 Å². The SMILES string of the molecule is CCOC(=O)C[C@@H](NC(=O)c1ccc(Cl)cc1)c1ccc(OC)cc1. The van der Waals surface area contributed by atoms with Crippen LogP contribution in [0.5, 0.6) is 5.75 Å². The van der Waals surface area contributed by atoms with Gasteiger partial charge in [0.25, 0.3) is 5.91 Å². The normalized spacial score (nSPS) is 11.5. The molecule has 1 amide bonds. The van der Waals surface area contributed by atoms with Gasteiger partial charge in [-0.15, -0.1) is 0 Å². The maximum atomic E-state index is 12.5. The minimum absolute atomic E-state index is 0.0412. The molecule has 2 rings (SSSR count). The van der Waals surface area contributed by atoms with Crippen LogP contribution in [0.25, 0.3) is 0 Å². The molecule has 0 aliphatic heterocycles. The Hall–Kier alpha value is -2.53. The number of nitrogens with one attached hydrogen (secondary N) is 1. The summed E-state index contributed by atoms with van der Waals surface area (Å²) < 4.78 is 10.1. The largest absolute Gasteiger partial charge is 0.497 e. The second-order valence-electron chi connectivity index (χ2n) is 5.32. The van der Waals surface area contributed by atoms with Crippen molar-refractivity contribution in [2.24, 2.45) is 0 Å². The maximum absolute atomic E-state index is 12.5. The Bertz CT molecular complexity index is 713. The van der Waals surface area contributed by atoms with E-state index in [9.17, 15) is 9.59 Å². The molecular formula is C19H20ClNO4. The maximum Gasteiger partial charge on any atom is 0.308 e. The fraction of sp³-hybridized carbons (Fsp3) is 0.263. The lowest BCUT2D eigenvalue weighted by Crippen LogP contribution is -2.30. The monoisotopic (exact) mass is 361 g/mol. The van der Waals surface area contributed by atoms with Gasteiger partial charge in [0.05, 0.1) is 26.2 Å². The number of halogens is 1. The number of esters is 1. The molecule has 0 bridgehead atoms. The van der Waals surface area contributed by atoms with E-state index in [1.807, 2.05) is 12.1 Å². The van der Waals surface area contributed by atoms with Crippen molar-refractivity contribution in [1.29, 1.82) is 0 Å². The van der Waals surface area contributed by atoms with E-state index in [2.05, 4.69) is 5.32 Å². The van der Waals surface area contributed by atoms with Crippen molar-refractivity contribution in [3.05, 3.63) is 64.7 Å². The lowest BCUT2D eigenvalue weighted by atomic mass is 10.0. The van der Waals surface area contributed by atoms with E-state index in [-0.39, 0.29) is 18.3 Å². The highest BCUT2D eigenvalue weighted by atomic mass is 35.5. The zero-order valence-corrected chi connectivity index (χ0v) is 14.9. The summed E-state index contributed by atoms with van der Waals surface area (Å²) in [5, 5.41) is 3.42. The van der Waals surface area contributed by atoms with Crippen LogP contribution in [0.4, 0.5) is 0 Å². The second kappa shape index (κ2) is 9.08. The highest BCUT2D eigenvalue weighted by Crippen LogP contribution is 2.22. The van der Waals surface area contributed by atoms with Crippen LogP contribution in [0.2, 0.25) is 5.02 Å². The Labute approximate surface area is 151 Å². The molecule has 1 atom stereocenters. The molecule has 132 valence electrons. The Morgan fingerprint density at radius 2 is 1.72 bits per heavy atom. The molecule has 2 aromatic rings. The summed E-state index contributed by atoms with van der Waals surface area (Å²) in [7, 11) is 1.58. The number of ether oxygens (including phenoxy) is 2. The van der Waals surface area contributed by atoms with Gasteiger partial charge in [-0.25, -0.2) is 0 Å². The Morgan fingerprint density at radius 1 is 1.08 bits per heavy atom. The van der Waals surface area contributed by atoms with Crippen molar-refractivity contribution >= 4 is 23.5 Å². The van der Waals surface area contributed by atoms with Crippen LogP contribution in [0.1, 0.15) is 35.3 Å². The molecule has 25 heavy (non-hydrogen) atoms. The van der Waals surface area contributed by atoms with E-state index in [1.165, 1.54) is 0 Å². The van der Waals surface area contributed by atoms with Crippen molar-refractivity contribution in [3.8, 4) is 5.75 Å². The van der Waals surface area contributed by atoms with Gasteiger partial charge >= 0.3 is 5.97 Å². The van der Waals surface area contributed by atoms with Crippen LogP contribution in [0, 0.1) is 0 Å². The van der Waals surface area contributed by atoms with E-state index in [0.717, 1.165) is 5.56 Å². The van der Waals surface area contributed by atoms with Gasteiger partial charge in [-0.3, -0.25) is 9.59 Å². The molecule has 0 aromatic heterocycles. The van der Waals surface area contributed by atoms with Crippen LogP contribution in [0.15, 0.2) is 48.5 Å². The van der Waals surface area contributed by atoms with E-state index in [1.54, 1.807) is 50.4 Å². The van der Waals surface area contributed by atoms with Gasteiger partial charge in [0.1, 0.15) is 5.75 Å². The third kappa shape index (κ3) is 5.50. The topological polar surface area (TPSA) is 64.6 Å². The van der Waals surface area contributed by atoms with Gasteiger partial charge in [0.2, 0.25) is 0 Å². The zero-order chi connectivity index (χ0) is 18.2. The number of hydrogen-bond acceptors (Lipinski definition) is 4. The molecule has 0 fully saturated rings. The van der Waals surface area contributed by atoms with Crippen molar-refractivity contribution in [2.75, 3.05) is 13.7 Å². The molecule has 0 spiro atoms. The highest BCUT2D eigenvalue weighted by molar-refractivity contribution is 6.30. The summed E-state index contributed by atoms with van der Waals surface area (Å²) in [6.45, 7) is 2.03. The number of benzene rings is 2. The predicted octanol–water partition coefficient (Wildman–Crippen LogP) is 3.77. The van der Waals surface area contributed by atoms with Crippen molar-refractivity contribution in [1.82, 2.24) is 5.32 Å². The van der Waals surface area contributed by atoms with Crippen LogP contribution < -0.4 is 10.1 Å². The van der Waals surface area contributed by atoms with Crippen molar-refractivity contribution in [3.63, 3.8) is 0 Å². The molecule has 6 heteroatoms. The third-order valence-electron chi connectivity index (χ3n) is 3.61. The first-order chi connectivity index (χ1) is 12.0. The Kier molecular flexibility index (Phi) is 6.83. The number of methoxy groups -OCH3 is 1. The molecule has 0 saturated carbocycles. The summed E-state index contributed by atoms with van der Waals surface area (Å²) in [4.78, 5) is 24.4. The first-order valence-corrected chi connectivity index (χ1v) is 8.27. The standard InChI is InChI=1S/C19H20ClNO4/c1-3-25-18(22)12-17(13-6-10-16(24-2)11-7-13)21-19(23)14-4-8-15(20)9-5-14/h4-11,17H,3,12H2,1-2H3,(H,21,23)/t17-/m1/s1. The van der Waals surface area contributed by atoms with Crippen molar-refractivity contribution in [2.45, 2.75) is 19.4 Å². The summed E-state index contributed by atoms with van der Waals surface area (Å²) in [6.07, 6.45) is 0.0412. The first-order valence-electron chi connectivity index (χ1n) is 7.89. The number of rotatable bonds is 7. The number of hydrogen-bond donors (Lipinski definition) is 1. The lowest BCUT2D eigenvalue weighted by molar-refractivity contribution is -0.143. The molecule has 0 radical (unpaired) electrons. The second-order valence-corrected chi connectivity index (χ2v) is 5.75. The van der Waals surface area contributed by atoms with Gasteiger partial charge in [-0.1, -0.05) is 23.7 Å². The minimum atomic E-state index is -0.506. The smallest absolute Gasteiger partial charge is 0.308 e. The quantitative estimate of drug-likeness (QED) is 0.762. The molecule has 2 aromatic carbocycles. The molecular weight excluding hydrogens is 342 g/mol. The molecule has 0 heterocycles. The highest BCUT2D eigenvalue weighted by Gasteiger charge is 2.20. The van der Waals surface area contributed by atoms with Gasteiger partial charge in [0, 0.05) is 10.6 Å². The van der Waals surface area contributed by atoms with Crippen LogP contribution in [-0.4, -0.2) is 25.6 Å². The zero-order valence-electron chi connectivity index (χ0n) is 14.1. The molecule has 5 nitrogen and oxygen atoms in total. The summed E-state index contributed by atoms with van der Waals surface area (Å²) in [5.41, 5.74) is 1.25. The van der Waals surface area contributed by atoms with Gasteiger partial charge in [-0.05, 0) is 48.9 Å². The van der Waals surface area contributed by atoms with Crippen molar-refractivity contribution < 1.29 is 19.1 Å². The summed E-state index contributed by atoms with van der Waals surface area (Å²) in [5.74, 6) is 0.0316. The van der Waals surface area contributed by atoms with Crippen LogP contribution in [0.3, 0.4) is 0 Å². The van der Waals surface area contributed by atoms with E-state index in [4.69, 9.17) is 21.1 Å².